The maximum absolute atomic E-state index is 3.51. The predicted octanol–water partition coefficient (Wildman–Crippen LogP) is 4.79. The summed E-state index contributed by atoms with van der Waals surface area (Å²) in [4.78, 5) is 3.87. The van der Waals surface area contributed by atoms with E-state index in [1.54, 1.807) is 11.3 Å². The number of benzene rings is 1. The zero-order valence-electron chi connectivity index (χ0n) is 12.1. The van der Waals surface area contributed by atoms with Crippen LogP contribution in [0, 0.1) is 0 Å². The molecular formula is C17H21BrN2S. The standard InChI is InChI=1S/C17H21BrN2S/c18-15-10-17(21-13-15)12-19-11-14-4-6-16(7-5-14)20-8-2-1-3-9-20/h4-7,10,13,19H,1-3,8-9,11-12H2. The van der Waals surface area contributed by atoms with Crippen molar-refractivity contribution in [2.45, 2.75) is 32.4 Å². The number of nitrogens with one attached hydrogen (secondary N) is 1. The highest BCUT2D eigenvalue weighted by Crippen LogP contribution is 2.21. The summed E-state index contributed by atoms with van der Waals surface area (Å²) in [5, 5.41) is 5.64. The van der Waals surface area contributed by atoms with Crippen molar-refractivity contribution in [1.29, 1.82) is 0 Å². The van der Waals surface area contributed by atoms with Crippen LogP contribution >= 0.6 is 27.3 Å². The van der Waals surface area contributed by atoms with Crippen LogP contribution in [-0.2, 0) is 13.1 Å². The summed E-state index contributed by atoms with van der Waals surface area (Å²) in [5.74, 6) is 0. The molecule has 0 saturated carbocycles. The molecule has 1 aliphatic heterocycles. The molecule has 2 aromatic rings. The first kappa shape index (κ1) is 15.1. The van der Waals surface area contributed by atoms with Gasteiger partial charge in [-0.3, -0.25) is 0 Å². The lowest BCUT2D eigenvalue weighted by Gasteiger charge is -2.28. The number of halogens is 1. The fourth-order valence-corrected chi connectivity index (χ4v) is 4.17. The zero-order chi connectivity index (χ0) is 14.5. The number of anilines is 1. The Morgan fingerprint density at radius 3 is 2.48 bits per heavy atom. The van der Waals surface area contributed by atoms with Gasteiger partial charge in [0.25, 0.3) is 0 Å². The SMILES string of the molecule is Brc1csc(CNCc2ccc(N3CCCCC3)cc2)c1. The van der Waals surface area contributed by atoms with Crippen LogP contribution in [0.3, 0.4) is 0 Å². The van der Waals surface area contributed by atoms with E-state index < -0.39 is 0 Å². The molecule has 2 heterocycles. The summed E-state index contributed by atoms with van der Waals surface area (Å²) in [6, 6.07) is 11.2. The highest BCUT2D eigenvalue weighted by atomic mass is 79.9. The van der Waals surface area contributed by atoms with Crippen molar-refractivity contribution in [2.24, 2.45) is 0 Å². The van der Waals surface area contributed by atoms with Gasteiger partial charge in [-0.1, -0.05) is 12.1 Å². The second-order valence-corrected chi connectivity index (χ2v) is 7.46. The number of rotatable bonds is 5. The van der Waals surface area contributed by atoms with Crippen molar-refractivity contribution in [2.75, 3.05) is 18.0 Å². The van der Waals surface area contributed by atoms with Crippen LogP contribution in [0.1, 0.15) is 29.7 Å². The third kappa shape index (κ3) is 4.31. The van der Waals surface area contributed by atoms with Crippen LogP contribution in [0.4, 0.5) is 5.69 Å². The van der Waals surface area contributed by atoms with E-state index in [1.165, 1.54) is 53.0 Å². The molecule has 1 aromatic heterocycles. The van der Waals surface area contributed by atoms with Gasteiger partial charge < -0.3 is 10.2 Å². The molecule has 1 fully saturated rings. The van der Waals surface area contributed by atoms with Gasteiger partial charge >= 0.3 is 0 Å². The van der Waals surface area contributed by atoms with E-state index in [-0.39, 0.29) is 0 Å². The van der Waals surface area contributed by atoms with E-state index in [0.29, 0.717) is 0 Å². The van der Waals surface area contributed by atoms with Crippen LogP contribution in [-0.4, -0.2) is 13.1 Å². The summed E-state index contributed by atoms with van der Waals surface area (Å²) in [6.07, 6.45) is 4.05. The smallest absolute Gasteiger partial charge is 0.0366 e. The molecule has 0 radical (unpaired) electrons. The molecule has 0 bridgehead atoms. The zero-order valence-corrected chi connectivity index (χ0v) is 14.5. The Morgan fingerprint density at radius 1 is 1.05 bits per heavy atom. The minimum atomic E-state index is 0.926. The quantitative estimate of drug-likeness (QED) is 0.820. The molecule has 0 amide bonds. The first-order valence-electron chi connectivity index (χ1n) is 7.59. The van der Waals surface area contributed by atoms with Crippen LogP contribution in [0.2, 0.25) is 0 Å². The third-order valence-electron chi connectivity index (χ3n) is 3.91. The fourth-order valence-electron chi connectivity index (χ4n) is 2.75. The molecule has 0 unspecified atom stereocenters. The number of nitrogens with zero attached hydrogens (tertiary/aromatic N) is 1. The summed E-state index contributed by atoms with van der Waals surface area (Å²) in [6.45, 7) is 4.29. The van der Waals surface area contributed by atoms with E-state index in [4.69, 9.17) is 0 Å². The highest BCUT2D eigenvalue weighted by molar-refractivity contribution is 9.10. The highest BCUT2D eigenvalue weighted by Gasteiger charge is 2.10. The van der Waals surface area contributed by atoms with Crippen molar-refractivity contribution < 1.29 is 0 Å². The Kier molecular flexibility index (Phi) is 5.33. The van der Waals surface area contributed by atoms with Gasteiger partial charge in [0, 0.05) is 46.6 Å². The molecule has 1 N–H and O–H groups in total. The third-order valence-corrected chi connectivity index (χ3v) is 5.61. The minimum Gasteiger partial charge on any atom is -0.372 e. The number of hydrogen-bond acceptors (Lipinski definition) is 3. The van der Waals surface area contributed by atoms with Crippen molar-refractivity contribution >= 4 is 33.0 Å². The van der Waals surface area contributed by atoms with Gasteiger partial charge in [-0.25, -0.2) is 0 Å². The van der Waals surface area contributed by atoms with E-state index in [9.17, 15) is 0 Å². The Bertz CT molecular complexity index is 558. The summed E-state index contributed by atoms with van der Waals surface area (Å²) >= 11 is 5.28. The molecule has 4 heteroatoms. The molecule has 0 aliphatic carbocycles. The summed E-state index contributed by atoms with van der Waals surface area (Å²) < 4.78 is 1.18. The second kappa shape index (κ2) is 7.43. The second-order valence-electron chi connectivity index (χ2n) is 5.55. The van der Waals surface area contributed by atoms with Gasteiger partial charge in [0.1, 0.15) is 0 Å². The van der Waals surface area contributed by atoms with Gasteiger partial charge in [0.05, 0.1) is 0 Å². The lowest BCUT2D eigenvalue weighted by atomic mass is 10.1. The average molecular weight is 365 g/mol. The predicted molar refractivity (Wildman–Crippen MR) is 95.1 cm³/mol. The van der Waals surface area contributed by atoms with Crippen molar-refractivity contribution in [3.05, 3.63) is 50.6 Å². The summed E-state index contributed by atoms with van der Waals surface area (Å²) in [5.41, 5.74) is 2.73. The molecule has 112 valence electrons. The number of hydrogen-bond donors (Lipinski definition) is 1. The van der Waals surface area contributed by atoms with Gasteiger partial charge in [-0.15, -0.1) is 11.3 Å². The van der Waals surface area contributed by atoms with Crippen molar-refractivity contribution in [3.63, 3.8) is 0 Å². The fraction of sp³-hybridized carbons (Fsp3) is 0.412. The van der Waals surface area contributed by atoms with Crippen molar-refractivity contribution in [1.82, 2.24) is 5.32 Å². The molecule has 3 rings (SSSR count). The minimum absolute atomic E-state index is 0.926. The van der Waals surface area contributed by atoms with Crippen LogP contribution in [0.5, 0.6) is 0 Å². The molecule has 1 aromatic carbocycles. The molecule has 21 heavy (non-hydrogen) atoms. The first-order chi connectivity index (χ1) is 10.3. The van der Waals surface area contributed by atoms with E-state index in [1.807, 2.05) is 0 Å². The van der Waals surface area contributed by atoms with Gasteiger partial charge in [-0.05, 0) is 59.0 Å². The first-order valence-corrected chi connectivity index (χ1v) is 9.26. The Balaban J connectivity index is 1.49. The number of thiophene rings is 1. The average Bonchev–Trinajstić information content (AvgIpc) is 2.94. The maximum Gasteiger partial charge on any atom is 0.0366 e. The molecule has 1 aliphatic rings. The Morgan fingerprint density at radius 2 is 1.81 bits per heavy atom. The Hall–Kier alpha value is -0.840. The number of piperidine rings is 1. The monoisotopic (exact) mass is 364 g/mol. The maximum atomic E-state index is 3.51. The normalized spacial score (nSPS) is 15.4. The van der Waals surface area contributed by atoms with Gasteiger partial charge in [0.2, 0.25) is 0 Å². The van der Waals surface area contributed by atoms with E-state index in [0.717, 1.165) is 13.1 Å². The van der Waals surface area contributed by atoms with Crippen molar-refractivity contribution in [3.8, 4) is 0 Å². The lowest BCUT2D eigenvalue weighted by Crippen LogP contribution is -2.29. The molecule has 0 spiro atoms. The van der Waals surface area contributed by atoms with Crippen LogP contribution in [0.15, 0.2) is 40.2 Å². The lowest BCUT2D eigenvalue weighted by molar-refractivity contribution is 0.578. The molecule has 1 saturated heterocycles. The largest absolute Gasteiger partial charge is 0.372 e. The summed E-state index contributed by atoms with van der Waals surface area (Å²) in [7, 11) is 0. The van der Waals surface area contributed by atoms with E-state index >= 15 is 0 Å². The van der Waals surface area contributed by atoms with Crippen LogP contribution in [0.25, 0.3) is 0 Å². The van der Waals surface area contributed by atoms with Gasteiger partial charge in [-0.2, -0.15) is 0 Å². The van der Waals surface area contributed by atoms with E-state index in [2.05, 4.69) is 61.9 Å². The topological polar surface area (TPSA) is 15.3 Å². The van der Waals surface area contributed by atoms with Crippen LogP contribution < -0.4 is 10.2 Å². The Labute approximate surface area is 139 Å². The molecule has 0 atom stereocenters. The molecule has 2 nitrogen and oxygen atoms in total. The molecular weight excluding hydrogens is 344 g/mol. The van der Waals surface area contributed by atoms with Gasteiger partial charge in [0.15, 0.2) is 0 Å².